The van der Waals surface area contributed by atoms with Crippen LogP contribution in [0.2, 0.25) is 0 Å². The van der Waals surface area contributed by atoms with Crippen molar-refractivity contribution in [3.05, 3.63) is 0 Å². The molecule has 0 aliphatic heterocycles. The van der Waals surface area contributed by atoms with Crippen molar-refractivity contribution in [2.24, 2.45) is 22.7 Å². The first-order valence-corrected chi connectivity index (χ1v) is 6.78. The fourth-order valence-corrected chi connectivity index (χ4v) is 3.15. The van der Waals surface area contributed by atoms with Gasteiger partial charge in [0, 0.05) is 7.11 Å². The van der Waals surface area contributed by atoms with Crippen LogP contribution in [0.3, 0.4) is 0 Å². The number of hydrogen-bond donors (Lipinski definition) is 1. The quantitative estimate of drug-likeness (QED) is 0.763. The Bertz CT molecular complexity index is 223. The number of ether oxygens (including phenoxy) is 1. The summed E-state index contributed by atoms with van der Waals surface area (Å²) >= 11 is 0. The highest BCUT2D eigenvalue weighted by Crippen LogP contribution is 2.46. The van der Waals surface area contributed by atoms with Crippen molar-refractivity contribution >= 4 is 0 Å². The molecule has 1 aliphatic carbocycles. The Morgan fingerprint density at radius 3 is 1.47 bits per heavy atom. The highest BCUT2D eigenvalue weighted by molar-refractivity contribution is 4.95. The monoisotopic (exact) mass is 242 g/mol. The van der Waals surface area contributed by atoms with E-state index < -0.39 is 0 Å². The summed E-state index contributed by atoms with van der Waals surface area (Å²) in [7, 11) is 1.79. The lowest BCUT2D eigenvalue weighted by Crippen LogP contribution is -2.49. The van der Waals surface area contributed by atoms with E-state index in [9.17, 15) is 5.11 Å². The molecule has 2 unspecified atom stereocenters. The minimum atomic E-state index is -0.207. The van der Waals surface area contributed by atoms with Crippen molar-refractivity contribution in [2.45, 2.75) is 66.6 Å². The lowest BCUT2D eigenvalue weighted by molar-refractivity contribution is -0.112. The summed E-state index contributed by atoms with van der Waals surface area (Å²) in [6, 6.07) is 0. The third-order valence-electron chi connectivity index (χ3n) is 4.42. The van der Waals surface area contributed by atoms with Crippen LogP contribution < -0.4 is 0 Å². The molecule has 1 N–H and O–H groups in total. The molecule has 0 heterocycles. The highest BCUT2D eigenvalue weighted by Gasteiger charge is 2.46. The van der Waals surface area contributed by atoms with Gasteiger partial charge in [-0.3, -0.25) is 0 Å². The predicted molar refractivity (Wildman–Crippen MR) is 71.9 cm³/mol. The maximum atomic E-state index is 10.7. The lowest BCUT2D eigenvalue weighted by Gasteiger charge is -2.49. The van der Waals surface area contributed by atoms with E-state index in [0.29, 0.717) is 17.9 Å². The molecule has 0 spiro atoms. The van der Waals surface area contributed by atoms with Crippen LogP contribution in [0.5, 0.6) is 0 Å². The normalized spacial score (nSPS) is 36.0. The van der Waals surface area contributed by atoms with Crippen LogP contribution in [0, 0.1) is 22.7 Å². The van der Waals surface area contributed by atoms with Gasteiger partial charge in [-0.25, -0.2) is 0 Å². The zero-order valence-corrected chi connectivity index (χ0v) is 12.6. The molecule has 0 amide bonds. The maximum absolute atomic E-state index is 10.7. The van der Waals surface area contributed by atoms with Crippen molar-refractivity contribution in [1.82, 2.24) is 0 Å². The summed E-state index contributed by atoms with van der Waals surface area (Å²) in [4.78, 5) is 0. The van der Waals surface area contributed by atoms with Crippen LogP contribution in [-0.4, -0.2) is 24.4 Å². The second-order valence-electron chi connectivity index (χ2n) is 7.76. The first-order chi connectivity index (χ1) is 7.57. The van der Waals surface area contributed by atoms with E-state index in [-0.39, 0.29) is 16.9 Å². The lowest BCUT2D eigenvalue weighted by atomic mass is 9.60. The van der Waals surface area contributed by atoms with Crippen molar-refractivity contribution in [2.75, 3.05) is 7.11 Å². The van der Waals surface area contributed by atoms with Gasteiger partial charge in [-0.1, -0.05) is 41.5 Å². The number of rotatable bonds is 1. The fraction of sp³-hybridized carbons (Fsp3) is 1.00. The molecule has 1 aliphatic rings. The molecule has 1 rings (SSSR count). The van der Waals surface area contributed by atoms with Gasteiger partial charge in [-0.15, -0.1) is 0 Å². The van der Waals surface area contributed by atoms with Crippen LogP contribution in [0.1, 0.15) is 54.4 Å². The third-order valence-corrected chi connectivity index (χ3v) is 4.42. The Balaban J connectivity index is 2.94. The van der Waals surface area contributed by atoms with Crippen molar-refractivity contribution in [3.8, 4) is 0 Å². The van der Waals surface area contributed by atoms with E-state index in [4.69, 9.17) is 4.74 Å². The summed E-state index contributed by atoms with van der Waals surface area (Å²) in [6.07, 6.45) is 2.05. The summed E-state index contributed by atoms with van der Waals surface area (Å²) < 4.78 is 5.58. The van der Waals surface area contributed by atoms with Gasteiger partial charge in [0.2, 0.25) is 0 Å². The van der Waals surface area contributed by atoms with Gasteiger partial charge in [0.25, 0.3) is 0 Å². The molecule has 1 fully saturated rings. The largest absolute Gasteiger partial charge is 0.393 e. The molecule has 0 radical (unpaired) electrons. The molecule has 0 aromatic rings. The molecule has 102 valence electrons. The molecule has 1 saturated carbocycles. The topological polar surface area (TPSA) is 29.5 Å². The Morgan fingerprint density at radius 1 is 0.882 bits per heavy atom. The first-order valence-electron chi connectivity index (χ1n) is 6.78. The van der Waals surface area contributed by atoms with Gasteiger partial charge < -0.3 is 9.84 Å². The summed E-state index contributed by atoms with van der Waals surface area (Å²) in [5.74, 6) is 0.649. The zero-order valence-electron chi connectivity index (χ0n) is 12.6. The number of hydrogen-bond acceptors (Lipinski definition) is 2. The average molecular weight is 242 g/mol. The Hall–Kier alpha value is -0.0800. The van der Waals surface area contributed by atoms with E-state index in [2.05, 4.69) is 41.5 Å². The molecular formula is C15H30O2. The smallest absolute Gasteiger partial charge is 0.0608 e. The number of aliphatic hydroxyl groups excluding tert-OH is 1. The van der Waals surface area contributed by atoms with E-state index in [1.807, 2.05) is 0 Å². The van der Waals surface area contributed by atoms with Crippen molar-refractivity contribution in [3.63, 3.8) is 0 Å². The Kier molecular flexibility index (Phi) is 4.31. The second-order valence-corrected chi connectivity index (χ2v) is 7.76. The zero-order chi connectivity index (χ0) is 13.4. The summed E-state index contributed by atoms with van der Waals surface area (Å²) in [5, 5.41) is 10.7. The van der Waals surface area contributed by atoms with Crippen LogP contribution >= 0.6 is 0 Å². The Morgan fingerprint density at radius 2 is 1.24 bits per heavy atom. The number of methoxy groups -OCH3 is 1. The second kappa shape index (κ2) is 4.89. The third kappa shape index (κ3) is 3.45. The molecule has 0 saturated heterocycles. The summed E-state index contributed by atoms with van der Waals surface area (Å²) in [6.45, 7) is 13.3. The number of aliphatic hydroxyl groups is 1. The average Bonchev–Trinajstić information content (AvgIpc) is 2.14. The van der Waals surface area contributed by atoms with E-state index in [1.54, 1.807) is 7.11 Å². The van der Waals surface area contributed by atoms with Crippen molar-refractivity contribution in [1.29, 1.82) is 0 Å². The minimum Gasteiger partial charge on any atom is -0.393 e. The van der Waals surface area contributed by atoms with E-state index in [0.717, 1.165) is 12.8 Å². The molecule has 2 heteroatoms. The molecule has 0 bridgehead atoms. The minimum absolute atomic E-state index is 0.139. The van der Waals surface area contributed by atoms with Crippen LogP contribution in [-0.2, 0) is 4.74 Å². The first kappa shape index (κ1) is 15.0. The van der Waals surface area contributed by atoms with Gasteiger partial charge in [-0.05, 0) is 35.5 Å². The molecule has 0 aromatic carbocycles. The molecule has 0 aromatic heterocycles. The maximum Gasteiger partial charge on any atom is 0.0608 e. The molecule has 2 nitrogen and oxygen atoms in total. The summed E-state index contributed by atoms with van der Waals surface area (Å²) in [5.41, 5.74) is 0.278. The molecule has 17 heavy (non-hydrogen) atoms. The molecule has 2 atom stereocenters. The fourth-order valence-electron chi connectivity index (χ4n) is 3.15. The van der Waals surface area contributed by atoms with Crippen LogP contribution in [0.25, 0.3) is 0 Å². The van der Waals surface area contributed by atoms with Gasteiger partial charge in [-0.2, -0.15) is 0 Å². The van der Waals surface area contributed by atoms with Crippen LogP contribution in [0.4, 0.5) is 0 Å². The highest BCUT2D eigenvalue weighted by atomic mass is 16.5. The SMILES string of the molecule is COC1CC(C(C)(C)C)C(O)C(C(C)(C)C)C1. The van der Waals surface area contributed by atoms with Gasteiger partial charge in [0.15, 0.2) is 0 Å². The van der Waals surface area contributed by atoms with Crippen LogP contribution in [0.15, 0.2) is 0 Å². The van der Waals surface area contributed by atoms with E-state index in [1.165, 1.54) is 0 Å². The Labute approximate surface area is 107 Å². The van der Waals surface area contributed by atoms with Gasteiger partial charge in [0.1, 0.15) is 0 Å². The standard InChI is InChI=1S/C15H30O2/c1-14(2,3)11-8-10(17-7)9-12(13(11)16)15(4,5)6/h10-13,16H,8-9H2,1-7H3. The van der Waals surface area contributed by atoms with Crippen molar-refractivity contribution < 1.29 is 9.84 Å². The van der Waals surface area contributed by atoms with Gasteiger partial charge >= 0.3 is 0 Å². The predicted octanol–water partition coefficient (Wildman–Crippen LogP) is 3.48. The van der Waals surface area contributed by atoms with E-state index >= 15 is 0 Å². The van der Waals surface area contributed by atoms with Gasteiger partial charge in [0.05, 0.1) is 12.2 Å². The molecular weight excluding hydrogens is 212 g/mol.